The van der Waals surface area contributed by atoms with Gasteiger partial charge in [0.2, 0.25) is 0 Å². The van der Waals surface area contributed by atoms with Crippen molar-refractivity contribution in [3.05, 3.63) is 54.1 Å². The fourth-order valence-electron chi connectivity index (χ4n) is 3.02. The molecule has 0 atom stereocenters. The van der Waals surface area contributed by atoms with Crippen LogP contribution >= 0.6 is 0 Å². The fourth-order valence-corrected chi connectivity index (χ4v) is 5.06. The lowest BCUT2D eigenvalue weighted by molar-refractivity contribution is 0.478. The Morgan fingerprint density at radius 1 is 0.774 bits per heavy atom. The van der Waals surface area contributed by atoms with Crippen LogP contribution in [0.2, 0.25) is 0 Å². The van der Waals surface area contributed by atoms with E-state index in [0.29, 0.717) is 23.4 Å². The zero-order chi connectivity index (χ0) is 23.2. The molecular weight excluding hydrogens is 472 g/mol. The van der Waals surface area contributed by atoms with Gasteiger partial charge in [0.05, 0.1) is 4.90 Å². The average Bonchev–Trinajstić information content (AvgIpc) is 2.62. The molecule has 166 valence electrons. The Morgan fingerprint density at radius 3 is 1.97 bits per heavy atom. The van der Waals surface area contributed by atoms with Crippen molar-refractivity contribution in [3.63, 3.8) is 0 Å². The Labute approximate surface area is 177 Å². The first-order chi connectivity index (χ1) is 14.2. The highest BCUT2D eigenvalue weighted by molar-refractivity contribution is 7.87. The molecule has 0 saturated carbocycles. The number of nitrogen functional groups attached to an aromatic ring is 1. The highest BCUT2D eigenvalue weighted by Gasteiger charge is 2.26. The molecule has 0 fully saturated rings. The van der Waals surface area contributed by atoms with Gasteiger partial charge < -0.3 is 11.1 Å². The molecule has 0 unspecified atom stereocenters. The first kappa shape index (κ1) is 22.9. The topological polar surface area (TPSA) is 201 Å². The van der Waals surface area contributed by atoms with Crippen molar-refractivity contribution in [2.24, 2.45) is 0 Å². The number of hydrogen-bond acceptors (Lipinski definition) is 8. The van der Waals surface area contributed by atoms with Gasteiger partial charge >= 0.3 is 0 Å². The van der Waals surface area contributed by atoms with Crippen molar-refractivity contribution >= 4 is 52.5 Å². The third kappa shape index (κ3) is 4.95. The number of anilines is 2. The van der Waals surface area contributed by atoms with Crippen LogP contribution in [0.25, 0.3) is 10.8 Å². The number of nitrogens with one attached hydrogen (secondary N) is 1. The summed E-state index contributed by atoms with van der Waals surface area (Å²) in [6, 6.07) is 9.86. The molecule has 11 nitrogen and oxygen atoms in total. The zero-order valence-electron chi connectivity index (χ0n) is 15.4. The van der Waals surface area contributed by atoms with Crippen LogP contribution in [0, 0.1) is 0 Å². The Morgan fingerprint density at radius 2 is 1.42 bits per heavy atom. The molecule has 0 aliphatic carbocycles. The number of fused-ring (bicyclic) bond motifs is 1. The van der Waals surface area contributed by atoms with Gasteiger partial charge in [-0.05, 0) is 42.0 Å². The van der Waals surface area contributed by atoms with Gasteiger partial charge in [-0.2, -0.15) is 25.3 Å². The molecule has 0 aromatic heterocycles. The molecular formula is C17H16N2O9S3. The van der Waals surface area contributed by atoms with Gasteiger partial charge in [0, 0.05) is 28.7 Å². The second-order valence-electron chi connectivity index (χ2n) is 6.48. The Hall–Kier alpha value is -2.75. The predicted molar refractivity (Wildman–Crippen MR) is 112 cm³/mol. The van der Waals surface area contributed by atoms with Crippen LogP contribution in [0.15, 0.2) is 63.2 Å². The van der Waals surface area contributed by atoms with Crippen LogP contribution in [-0.2, 0) is 36.9 Å². The molecule has 14 heteroatoms. The zero-order valence-corrected chi connectivity index (χ0v) is 17.9. The summed E-state index contributed by atoms with van der Waals surface area (Å²) in [5.74, 6) is 0. The van der Waals surface area contributed by atoms with E-state index in [1.54, 1.807) is 24.3 Å². The minimum absolute atomic E-state index is 0.000614. The van der Waals surface area contributed by atoms with Crippen LogP contribution in [0.3, 0.4) is 0 Å². The van der Waals surface area contributed by atoms with E-state index in [1.807, 2.05) is 0 Å². The third-order valence-corrected chi connectivity index (χ3v) is 6.92. The highest BCUT2D eigenvalue weighted by atomic mass is 32.2. The Balaban J connectivity index is 2.36. The predicted octanol–water partition coefficient (Wildman–Crippen LogP) is 1.77. The molecule has 0 radical (unpaired) electrons. The highest BCUT2D eigenvalue weighted by Crippen LogP contribution is 2.37. The van der Waals surface area contributed by atoms with Crippen LogP contribution in [0.5, 0.6) is 0 Å². The summed E-state index contributed by atoms with van der Waals surface area (Å²) in [6.45, 7) is 0.0936. The lowest BCUT2D eigenvalue weighted by atomic mass is 10.1. The summed E-state index contributed by atoms with van der Waals surface area (Å²) in [6.07, 6.45) is 0. The summed E-state index contributed by atoms with van der Waals surface area (Å²) in [5, 5.41) is 1.90. The molecule has 6 N–H and O–H groups in total. The maximum atomic E-state index is 12.0. The number of hydrogen-bond donors (Lipinski definition) is 5. The quantitative estimate of drug-likeness (QED) is 0.250. The van der Waals surface area contributed by atoms with Crippen molar-refractivity contribution in [2.45, 2.75) is 21.2 Å². The van der Waals surface area contributed by atoms with Gasteiger partial charge in [-0.3, -0.25) is 13.7 Å². The molecule has 0 aliphatic rings. The lowest BCUT2D eigenvalue weighted by Gasteiger charge is -2.16. The van der Waals surface area contributed by atoms with Gasteiger partial charge in [-0.15, -0.1) is 0 Å². The van der Waals surface area contributed by atoms with Crippen molar-refractivity contribution in [2.75, 3.05) is 11.1 Å². The van der Waals surface area contributed by atoms with Crippen molar-refractivity contribution < 1.29 is 38.9 Å². The molecule has 3 aromatic carbocycles. The molecule has 0 aliphatic heterocycles. The van der Waals surface area contributed by atoms with Crippen molar-refractivity contribution in [1.29, 1.82) is 0 Å². The lowest BCUT2D eigenvalue weighted by Crippen LogP contribution is -2.09. The first-order valence-electron chi connectivity index (χ1n) is 8.29. The normalized spacial score (nSPS) is 12.7. The standard InChI is InChI=1S/C17H16N2O9S3/c18-11-3-1-2-10(6-11)9-19-14-4-5-15(30(23,24)25)13-7-12(29(20,21)22)8-16(17(13)14)31(26,27)28/h1-8,19H,9,18H2,(H,20,21,22)(H,23,24,25)(H,26,27,28). The number of rotatable bonds is 6. The van der Waals surface area contributed by atoms with Gasteiger partial charge in [0.25, 0.3) is 30.4 Å². The molecule has 3 aromatic rings. The van der Waals surface area contributed by atoms with Crippen LogP contribution in [0.1, 0.15) is 5.56 Å². The van der Waals surface area contributed by atoms with E-state index in [2.05, 4.69) is 5.32 Å². The molecule has 31 heavy (non-hydrogen) atoms. The van der Waals surface area contributed by atoms with E-state index < -0.39 is 55.8 Å². The molecule has 0 amide bonds. The molecule has 0 heterocycles. The minimum Gasteiger partial charge on any atom is -0.399 e. The molecule has 0 saturated heterocycles. The summed E-state index contributed by atoms with van der Waals surface area (Å²) < 4.78 is 99.2. The van der Waals surface area contributed by atoms with Crippen LogP contribution in [-0.4, -0.2) is 38.9 Å². The Bertz CT molecular complexity index is 1510. The molecule has 0 bridgehead atoms. The smallest absolute Gasteiger partial charge is 0.295 e. The monoisotopic (exact) mass is 488 g/mol. The first-order valence-corrected chi connectivity index (χ1v) is 12.6. The van der Waals surface area contributed by atoms with Crippen LogP contribution < -0.4 is 11.1 Å². The SMILES string of the molecule is Nc1cccc(CNc2ccc(S(=O)(=O)O)c3cc(S(=O)(=O)O)cc(S(=O)(=O)O)c23)c1. The fraction of sp³-hybridized carbons (Fsp3) is 0.0588. The van der Waals surface area contributed by atoms with Crippen molar-refractivity contribution in [1.82, 2.24) is 0 Å². The van der Waals surface area contributed by atoms with Gasteiger partial charge in [-0.1, -0.05) is 12.1 Å². The van der Waals surface area contributed by atoms with Crippen LogP contribution in [0.4, 0.5) is 11.4 Å². The van der Waals surface area contributed by atoms with Gasteiger partial charge in [0.15, 0.2) is 0 Å². The van der Waals surface area contributed by atoms with Gasteiger partial charge in [0.1, 0.15) is 9.79 Å². The van der Waals surface area contributed by atoms with E-state index in [4.69, 9.17) is 5.73 Å². The summed E-state index contributed by atoms with van der Waals surface area (Å²) >= 11 is 0. The van der Waals surface area contributed by atoms with E-state index in [9.17, 15) is 38.9 Å². The summed E-state index contributed by atoms with van der Waals surface area (Å²) in [4.78, 5) is -2.81. The summed E-state index contributed by atoms with van der Waals surface area (Å²) in [7, 11) is -15.0. The van der Waals surface area contributed by atoms with E-state index in [1.165, 1.54) is 0 Å². The number of benzene rings is 3. The summed E-state index contributed by atoms with van der Waals surface area (Å²) in [5.41, 5.74) is 6.84. The maximum Gasteiger partial charge on any atom is 0.295 e. The third-order valence-electron chi connectivity index (χ3n) is 4.30. The number of nitrogens with two attached hydrogens (primary N) is 1. The maximum absolute atomic E-state index is 12.0. The second kappa shape index (κ2) is 7.74. The average molecular weight is 489 g/mol. The van der Waals surface area contributed by atoms with E-state index in [-0.39, 0.29) is 12.2 Å². The van der Waals surface area contributed by atoms with Gasteiger partial charge in [-0.25, -0.2) is 0 Å². The Kier molecular flexibility index (Phi) is 5.72. The minimum atomic E-state index is -5.10. The van der Waals surface area contributed by atoms with Crippen molar-refractivity contribution in [3.8, 4) is 0 Å². The van der Waals surface area contributed by atoms with E-state index >= 15 is 0 Å². The molecule has 0 spiro atoms. The van der Waals surface area contributed by atoms with E-state index in [0.717, 1.165) is 12.1 Å². The second-order valence-corrected chi connectivity index (χ2v) is 10.7. The largest absolute Gasteiger partial charge is 0.399 e. The molecule has 3 rings (SSSR count).